The predicted octanol–water partition coefficient (Wildman–Crippen LogP) is 0.358. The highest BCUT2D eigenvalue weighted by Crippen LogP contribution is 2.19. The molecule has 0 bridgehead atoms. The highest BCUT2D eigenvalue weighted by Gasteiger charge is 2.39. The summed E-state index contributed by atoms with van der Waals surface area (Å²) in [5, 5.41) is 21.1. The Hall–Kier alpha value is -1.41. The van der Waals surface area contributed by atoms with Crippen molar-refractivity contribution < 1.29 is 24.5 Å². The fraction of sp³-hybridized carbons (Fsp3) is 0.750. The van der Waals surface area contributed by atoms with Crippen LogP contribution in [0.25, 0.3) is 0 Å². The van der Waals surface area contributed by atoms with Gasteiger partial charge in [0.25, 0.3) is 0 Å². The van der Waals surface area contributed by atoms with Crippen molar-refractivity contribution >= 4 is 29.3 Å². The average molecular weight is 304 g/mol. The Morgan fingerprint density at radius 3 is 2.55 bits per heavy atom. The molecule has 1 saturated heterocycles. The summed E-state index contributed by atoms with van der Waals surface area (Å²) in [5.41, 5.74) is -0.612. The second-order valence-corrected chi connectivity index (χ2v) is 6.05. The number of nitrogens with one attached hydrogen (secondary N) is 1. The van der Waals surface area contributed by atoms with Gasteiger partial charge < -0.3 is 25.2 Å². The van der Waals surface area contributed by atoms with E-state index in [9.17, 15) is 14.7 Å². The summed E-state index contributed by atoms with van der Waals surface area (Å²) in [7, 11) is 0. The summed E-state index contributed by atoms with van der Waals surface area (Å²) < 4.78 is 5.05. The largest absolute Gasteiger partial charge is 0.480 e. The normalized spacial score (nSPS) is 22.5. The standard InChI is InChI=1S/C12H20N2O5S/c1-12(2,3)19-11(18)13-6-8(20)14-5-4-7(15)9(14)10(16)17/h7,9,15H,4-6H2,1-3H3,(H,13,18)(H,16,17)/t7-,9+/m1/s1. The third kappa shape index (κ3) is 4.61. The van der Waals surface area contributed by atoms with Gasteiger partial charge in [-0.1, -0.05) is 12.2 Å². The van der Waals surface area contributed by atoms with Gasteiger partial charge in [-0.2, -0.15) is 0 Å². The maximum Gasteiger partial charge on any atom is 0.408 e. The molecule has 114 valence electrons. The molecule has 1 heterocycles. The molecule has 1 aliphatic heterocycles. The van der Waals surface area contributed by atoms with Gasteiger partial charge in [-0.15, -0.1) is 0 Å². The molecular formula is C12H20N2O5S. The second kappa shape index (κ2) is 6.36. The molecule has 7 nitrogen and oxygen atoms in total. The topological polar surface area (TPSA) is 99.1 Å². The van der Waals surface area contributed by atoms with E-state index in [0.717, 1.165) is 0 Å². The lowest BCUT2D eigenvalue weighted by atomic mass is 10.2. The van der Waals surface area contributed by atoms with Gasteiger partial charge in [0.2, 0.25) is 0 Å². The zero-order chi connectivity index (χ0) is 15.5. The lowest BCUT2D eigenvalue weighted by Crippen LogP contribution is -2.48. The number of carbonyl (C=O) groups is 2. The third-order valence-electron chi connectivity index (χ3n) is 2.72. The number of hydrogen-bond donors (Lipinski definition) is 3. The Labute approximate surface area is 122 Å². The minimum atomic E-state index is -1.13. The number of carboxylic acid groups (broad SMARTS) is 1. The number of amides is 1. The van der Waals surface area contributed by atoms with Crippen molar-refractivity contribution in [3.8, 4) is 0 Å². The number of thiocarbonyl (C=S) groups is 1. The third-order valence-corrected chi connectivity index (χ3v) is 3.10. The Morgan fingerprint density at radius 1 is 1.45 bits per heavy atom. The molecule has 8 heteroatoms. The molecule has 0 aromatic heterocycles. The van der Waals surface area contributed by atoms with E-state index >= 15 is 0 Å². The van der Waals surface area contributed by atoms with Gasteiger partial charge in [0.15, 0.2) is 6.04 Å². The molecule has 0 radical (unpaired) electrons. The molecule has 1 aliphatic rings. The summed E-state index contributed by atoms with van der Waals surface area (Å²) in [6, 6.07) is -1.05. The Morgan fingerprint density at radius 2 is 2.05 bits per heavy atom. The van der Waals surface area contributed by atoms with Crippen molar-refractivity contribution in [2.75, 3.05) is 13.1 Å². The van der Waals surface area contributed by atoms with Gasteiger partial charge in [-0.25, -0.2) is 9.59 Å². The number of aliphatic carboxylic acids is 1. The van der Waals surface area contributed by atoms with E-state index in [1.165, 1.54) is 4.90 Å². The molecule has 3 N–H and O–H groups in total. The highest BCUT2D eigenvalue weighted by molar-refractivity contribution is 7.80. The quantitative estimate of drug-likeness (QED) is 0.647. The van der Waals surface area contributed by atoms with E-state index < -0.39 is 29.8 Å². The molecule has 1 amide bonds. The Balaban J connectivity index is 2.51. The maximum absolute atomic E-state index is 11.5. The van der Waals surface area contributed by atoms with Gasteiger partial charge in [0.1, 0.15) is 5.60 Å². The van der Waals surface area contributed by atoms with Crippen molar-refractivity contribution in [3.63, 3.8) is 0 Å². The first kappa shape index (κ1) is 16.6. The van der Waals surface area contributed by atoms with E-state index in [1.807, 2.05) is 0 Å². The van der Waals surface area contributed by atoms with Crippen LogP contribution in [0, 0.1) is 0 Å². The molecule has 0 aromatic carbocycles. The monoisotopic (exact) mass is 304 g/mol. The summed E-state index contributed by atoms with van der Waals surface area (Å²) in [6.07, 6.45) is -1.23. The van der Waals surface area contributed by atoms with E-state index in [1.54, 1.807) is 20.8 Å². The number of hydrogen-bond acceptors (Lipinski definition) is 5. The minimum Gasteiger partial charge on any atom is -0.480 e. The lowest BCUT2D eigenvalue weighted by molar-refractivity contribution is -0.143. The number of likely N-dealkylation sites (tertiary alicyclic amines) is 1. The maximum atomic E-state index is 11.5. The van der Waals surface area contributed by atoms with Crippen LogP contribution in [0.3, 0.4) is 0 Å². The Bertz CT molecular complexity index is 407. The zero-order valence-electron chi connectivity index (χ0n) is 11.8. The molecular weight excluding hydrogens is 284 g/mol. The number of aliphatic hydroxyl groups is 1. The van der Waals surface area contributed by atoms with E-state index in [0.29, 0.717) is 13.0 Å². The molecule has 0 spiro atoms. The predicted molar refractivity (Wildman–Crippen MR) is 75.6 cm³/mol. The number of carboxylic acids is 1. The number of alkyl carbamates (subject to hydrolysis) is 1. The fourth-order valence-electron chi connectivity index (χ4n) is 1.92. The summed E-state index contributed by atoms with van der Waals surface area (Å²) in [6.45, 7) is 5.57. The highest BCUT2D eigenvalue weighted by atomic mass is 32.1. The van der Waals surface area contributed by atoms with Crippen LogP contribution in [0.4, 0.5) is 4.79 Å². The van der Waals surface area contributed by atoms with Crippen LogP contribution in [0.15, 0.2) is 0 Å². The molecule has 20 heavy (non-hydrogen) atoms. The number of rotatable bonds is 3. The van der Waals surface area contributed by atoms with Gasteiger partial charge >= 0.3 is 12.1 Å². The lowest BCUT2D eigenvalue weighted by Gasteiger charge is -2.26. The first-order chi connectivity index (χ1) is 9.11. The fourth-order valence-corrected chi connectivity index (χ4v) is 2.19. The molecule has 0 saturated carbocycles. The molecule has 0 aliphatic carbocycles. The molecule has 2 atom stereocenters. The van der Waals surface area contributed by atoms with Gasteiger partial charge in [0.05, 0.1) is 17.6 Å². The van der Waals surface area contributed by atoms with Crippen LogP contribution in [-0.2, 0) is 9.53 Å². The number of ether oxygens (including phenoxy) is 1. The van der Waals surface area contributed by atoms with Crippen LogP contribution in [0.2, 0.25) is 0 Å². The smallest absolute Gasteiger partial charge is 0.408 e. The average Bonchev–Trinajstić information content (AvgIpc) is 2.65. The number of carbonyl (C=O) groups excluding carboxylic acids is 1. The van der Waals surface area contributed by atoms with Crippen LogP contribution in [0.5, 0.6) is 0 Å². The first-order valence-corrected chi connectivity index (χ1v) is 6.70. The summed E-state index contributed by atoms with van der Waals surface area (Å²) >= 11 is 5.10. The van der Waals surface area contributed by atoms with E-state index in [2.05, 4.69) is 5.32 Å². The van der Waals surface area contributed by atoms with Gasteiger partial charge in [0, 0.05) is 6.54 Å². The van der Waals surface area contributed by atoms with Crippen molar-refractivity contribution in [1.29, 1.82) is 0 Å². The SMILES string of the molecule is CC(C)(C)OC(=O)NCC(=S)N1CC[C@@H](O)[C@H]1C(=O)O. The molecule has 0 unspecified atom stereocenters. The van der Waals surface area contributed by atoms with Gasteiger partial charge in [-0.05, 0) is 27.2 Å². The van der Waals surface area contributed by atoms with Crippen LogP contribution in [-0.4, -0.2) is 63.0 Å². The number of aliphatic hydroxyl groups excluding tert-OH is 1. The van der Waals surface area contributed by atoms with Crippen molar-refractivity contribution in [1.82, 2.24) is 10.2 Å². The summed E-state index contributed by atoms with van der Waals surface area (Å²) in [5.74, 6) is -1.13. The Kier molecular flexibility index (Phi) is 5.29. The van der Waals surface area contributed by atoms with Crippen LogP contribution < -0.4 is 5.32 Å². The van der Waals surface area contributed by atoms with Crippen LogP contribution >= 0.6 is 12.2 Å². The second-order valence-electron chi connectivity index (χ2n) is 5.58. The van der Waals surface area contributed by atoms with Crippen molar-refractivity contribution in [2.24, 2.45) is 0 Å². The van der Waals surface area contributed by atoms with Gasteiger partial charge in [-0.3, -0.25) is 0 Å². The summed E-state index contributed by atoms with van der Waals surface area (Å²) in [4.78, 5) is 24.2. The minimum absolute atomic E-state index is 0.000741. The van der Waals surface area contributed by atoms with E-state index in [4.69, 9.17) is 22.1 Å². The van der Waals surface area contributed by atoms with Crippen molar-refractivity contribution in [2.45, 2.75) is 44.9 Å². The molecule has 0 aromatic rings. The number of nitrogens with zero attached hydrogens (tertiary/aromatic N) is 1. The van der Waals surface area contributed by atoms with Crippen molar-refractivity contribution in [3.05, 3.63) is 0 Å². The zero-order valence-corrected chi connectivity index (χ0v) is 12.6. The molecule has 1 fully saturated rings. The first-order valence-electron chi connectivity index (χ1n) is 6.29. The van der Waals surface area contributed by atoms with Crippen LogP contribution in [0.1, 0.15) is 27.2 Å². The molecule has 1 rings (SSSR count). The van der Waals surface area contributed by atoms with E-state index in [-0.39, 0.29) is 11.5 Å².